The van der Waals surface area contributed by atoms with E-state index in [1.165, 1.54) is 17.8 Å². The van der Waals surface area contributed by atoms with Gasteiger partial charge in [0.25, 0.3) is 0 Å². The zero-order chi connectivity index (χ0) is 14.5. The summed E-state index contributed by atoms with van der Waals surface area (Å²) >= 11 is 4.72. The van der Waals surface area contributed by atoms with Crippen molar-refractivity contribution in [3.05, 3.63) is 40.5 Å². The molecule has 0 radical (unpaired) electrons. The van der Waals surface area contributed by atoms with Crippen LogP contribution in [0.4, 0.5) is 5.82 Å². The zero-order valence-electron chi connectivity index (χ0n) is 10.1. The Bertz CT molecular complexity index is 627. The lowest BCUT2D eigenvalue weighted by atomic mass is 10.4. The first-order valence-corrected chi connectivity index (χ1v) is 7.29. The molecule has 0 spiro atoms. The van der Waals surface area contributed by atoms with Gasteiger partial charge in [-0.15, -0.1) is 11.8 Å². The van der Waals surface area contributed by atoms with Crippen molar-refractivity contribution in [1.29, 1.82) is 0 Å². The average molecular weight is 356 g/mol. The number of hydrogen-bond donors (Lipinski definition) is 3. The van der Waals surface area contributed by atoms with E-state index in [1.54, 1.807) is 0 Å². The van der Waals surface area contributed by atoms with Crippen molar-refractivity contribution in [2.24, 2.45) is 0 Å². The van der Waals surface area contributed by atoms with E-state index in [9.17, 15) is 9.59 Å². The number of carboxylic acid groups (broad SMARTS) is 1. The van der Waals surface area contributed by atoms with Crippen LogP contribution < -0.4 is 5.32 Å². The van der Waals surface area contributed by atoms with Gasteiger partial charge in [0.05, 0.1) is 5.75 Å². The lowest BCUT2D eigenvalue weighted by Gasteiger charge is -2.02. The number of aromatic amines is 1. The molecule has 0 unspecified atom stereocenters. The van der Waals surface area contributed by atoms with Gasteiger partial charge in [0, 0.05) is 15.4 Å². The van der Waals surface area contributed by atoms with Crippen molar-refractivity contribution < 1.29 is 14.7 Å². The second-order valence-electron chi connectivity index (χ2n) is 3.76. The van der Waals surface area contributed by atoms with Crippen molar-refractivity contribution >= 4 is 45.4 Å². The first-order chi connectivity index (χ1) is 9.54. The zero-order valence-corrected chi connectivity index (χ0v) is 12.5. The number of hydrogen-bond acceptors (Lipinski definition) is 4. The van der Waals surface area contributed by atoms with Crippen LogP contribution in [-0.4, -0.2) is 32.9 Å². The predicted octanol–water partition coefficient (Wildman–Crippen LogP) is 2.60. The predicted molar refractivity (Wildman–Crippen MR) is 79.0 cm³/mol. The number of nitrogens with one attached hydrogen (secondary N) is 2. The molecule has 0 saturated carbocycles. The number of rotatable bonds is 5. The van der Waals surface area contributed by atoms with Gasteiger partial charge in [0.2, 0.25) is 5.91 Å². The number of carboxylic acids is 1. The van der Waals surface area contributed by atoms with Crippen molar-refractivity contribution in [3.63, 3.8) is 0 Å². The van der Waals surface area contributed by atoms with Crippen molar-refractivity contribution in [2.45, 2.75) is 4.90 Å². The molecule has 1 aromatic carbocycles. The molecular weight excluding hydrogens is 346 g/mol. The first-order valence-electron chi connectivity index (χ1n) is 5.51. The fourth-order valence-corrected chi connectivity index (χ4v) is 2.32. The fraction of sp³-hybridized carbons (Fsp3) is 0.0833. The lowest BCUT2D eigenvalue weighted by molar-refractivity contribution is -0.113. The van der Waals surface area contributed by atoms with Crippen LogP contribution in [0.3, 0.4) is 0 Å². The maximum Gasteiger partial charge on any atom is 0.353 e. The number of anilines is 1. The SMILES string of the molecule is O=C(CSc1ccc(Br)cc1)Nc1cc(C(=O)O)[nH]n1. The van der Waals surface area contributed by atoms with Crippen molar-refractivity contribution in [1.82, 2.24) is 10.2 Å². The molecule has 2 rings (SSSR count). The number of carbonyl (C=O) groups excluding carboxylic acids is 1. The van der Waals surface area contributed by atoms with Gasteiger partial charge in [0.15, 0.2) is 5.82 Å². The van der Waals surface area contributed by atoms with Crippen LogP contribution in [-0.2, 0) is 4.79 Å². The summed E-state index contributed by atoms with van der Waals surface area (Å²) in [7, 11) is 0. The summed E-state index contributed by atoms with van der Waals surface area (Å²) in [6.07, 6.45) is 0. The summed E-state index contributed by atoms with van der Waals surface area (Å²) in [5.74, 6) is -0.955. The van der Waals surface area contributed by atoms with Crippen LogP contribution in [0.2, 0.25) is 0 Å². The lowest BCUT2D eigenvalue weighted by Crippen LogP contribution is -2.14. The molecule has 0 fully saturated rings. The molecule has 104 valence electrons. The third-order valence-electron chi connectivity index (χ3n) is 2.26. The molecule has 1 amide bonds. The van der Waals surface area contributed by atoms with Crippen LogP contribution >= 0.6 is 27.7 Å². The number of aromatic carboxylic acids is 1. The molecule has 0 aliphatic rings. The monoisotopic (exact) mass is 355 g/mol. The molecule has 0 bridgehead atoms. The number of thioether (sulfide) groups is 1. The topological polar surface area (TPSA) is 95.1 Å². The van der Waals surface area contributed by atoms with E-state index in [0.29, 0.717) is 0 Å². The minimum absolute atomic E-state index is 0.0686. The Morgan fingerprint density at radius 1 is 1.35 bits per heavy atom. The van der Waals surface area contributed by atoms with Crippen LogP contribution in [0.5, 0.6) is 0 Å². The largest absolute Gasteiger partial charge is 0.477 e. The van der Waals surface area contributed by atoms with E-state index in [2.05, 4.69) is 31.4 Å². The summed E-state index contributed by atoms with van der Waals surface area (Å²) in [6.45, 7) is 0. The number of halogens is 1. The number of carbonyl (C=O) groups is 2. The van der Waals surface area contributed by atoms with Gasteiger partial charge < -0.3 is 10.4 Å². The number of benzene rings is 1. The number of nitrogens with zero attached hydrogens (tertiary/aromatic N) is 1. The van der Waals surface area contributed by atoms with Gasteiger partial charge in [-0.2, -0.15) is 5.10 Å². The van der Waals surface area contributed by atoms with Gasteiger partial charge in [-0.25, -0.2) is 4.79 Å². The van der Waals surface area contributed by atoms with Gasteiger partial charge in [-0.05, 0) is 24.3 Å². The molecule has 8 heteroatoms. The summed E-state index contributed by atoms with van der Waals surface area (Å²) in [6, 6.07) is 8.86. The van der Waals surface area contributed by atoms with Gasteiger partial charge in [-0.1, -0.05) is 15.9 Å². The summed E-state index contributed by atoms with van der Waals surface area (Å²) in [4.78, 5) is 23.3. The molecule has 2 aromatic rings. The smallest absolute Gasteiger partial charge is 0.353 e. The highest BCUT2D eigenvalue weighted by Gasteiger charge is 2.10. The van der Waals surface area contributed by atoms with E-state index in [4.69, 9.17) is 5.11 Å². The summed E-state index contributed by atoms with van der Waals surface area (Å²) < 4.78 is 0.976. The fourth-order valence-electron chi connectivity index (χ4n) is 1.35. The van der Waals surface area contributed by atoms with Crippen molar-refractivity contribution in [2.75, 3.05) is 11.1 Å². The molecule has 1 aromatic heterocycles. The van der Waals surface area contributed by atoms with Gasteiger partial charge >= 0.3 is 5.97 Å². The van der Waals surface area contributed by atoms with Gasteiger partial charge in [-0.3, -0.25) is 9.89 Å². The highest BCUT2D eigenvalue weighted by atomic mass is 79.9. The normalized spacial score (nSPS) is 10.2. The summed E-state index contributed by atoms with van der Waals surface area (Å²) in [5.41, 5.74) is -0.0686. The molecule has 0 aliphatic carbocycles. The molecule has 6 nitrogen and oxygen atoms in total. The van der Waals surface area contributed by atoms with Crippen LogP contribution in [0.1, 0.15) is 10.5 Å². The van der Waals surface area contributed by atoms with Gasteiger partial charge in [0.1, 0.15) is 5.69 Å². The molecule has 20 heavy (non-hydrogen) atoms. The Balaban J connectivity index is 1.85. The van der Waals surface area contributed by atoms with E-state index in [0.717, 1.165) is 9.37 Å². The Morgan fingerprint density at radius 2 is 2.05 bits per heavy atom. The minimum Gasteiger partial charge on any atom is -0.477 e. The maximum atomic E-state index is 11.7. The highest BCUT2D eigenvalue weighted by Crippen LogP contribution is 2.20. The first kappa shape index (κ1) is 14.6. The molecule has 1 heterocycles. The average Bonchev–Trinajstić information content (AvgIpc) is 2.87. The standard InChI is InChI=1S/C12H10BrN3O3S/c13-7-1-3-8(4-2-7)20-6-11(17)14-10-5-9(12(18)19)15-16-10/h1-5H,6H2,(H,18,19)(H2,14,15,16,17). The number of amides is 1. The third-order valence-corrected chi connectivity index (χ3v) is 3.80. The number of H-pyrrole nitrogens is 1. The Kier molecular flexibility index (Phi) is 4.80. The maximum absolute atomic E-state index is 11.7. The van der Waals surface area contributed by atoms with Crippen LogP contribution in [0.15, 0.2) is 39.7 Å². The van der Waals surface area contributed by atoms with E-state index < -0.39 is 5.97 Å². The van der Waals surface area contributed by atoms with E-state index in [1.807, 2.05) is 24.3 Å². The van der Waals surface area contributed by atoms with E-state index >= 15 is 0 Å². The molecule has 0 atom stereocenters. The summed E-state index contributed by atoms with van der Waals surface area (Å²) in [5, 5.41) is 17.2. The third kappa shape index (κ3) is 4.10. The Labute approximate surface area is 127 Å². The quantitative estimate of drug-likeness (QED) is 0.716. The van der Waals surface area contributed by atoms with Crippen LogP contribution in [0.25, 0.3) is 0 Å². The molecular formula is C12H10BrN3O3S. The minimum atomic E-state index is -1.12. The van der Waals surface area contributed by atoms with E-state index in [-0.39, 0.29) is 23.2 Å². The Morgan fingerprint density at radius 3 is 2.65 bits per heavy atom. The Hall–Kier alpha value is -1.80. The van der Waals surface area contributed by atoms with Crippen LogP contribution in [0, 0.1) is 0 Å². The van der Waals surface area contributed by atoms with Crippen molar-refractivity contribution in [3.8, 4) is 0 Å². The highest BCUT2D eigenvalue weighted by molar-refractivity contribution is 9.10. The number of aromatic nitrogens is 2. The second kappa shape index (κ2) is 6.58. The molecule has 0 aliphatic heterocycles. The molecule has 0 saturated heterocycles. The second-order valence-corrected chi connectivity index (χ2v) is 5.73. The molecule has 3 N–H and O–H groups in total.